The highest BCUT2D eigenvalue weighted by Gasteiger charge is 2.10. The summed E-state index contributed by atoms with van der Waals surface area (Å²) in [5.41, 5.74) is 1.15. The SMILES string of the molecule is CC(C)C(=O)CCc1nc(C(C)C)cs1. The molecule has 0 amide bonds. The molecule has 0 radical (unpaired) electrons. The molecule has 0 unspecified atom stereocenters. The monoisotopic (exact) mass is 225 g/mol. The maximum atomic E-state index is 11.4. The molecule has 1 heterocycles. The fraction of sp³-hybridized carbons (Fsp3) is 0.667. The highest BCUT2D eigenvalue weighted by molar-refractivity contribution is 7.09. The highest BCUT2D eigenvalue weighted by Crippen LogP contribution is 2.19. The van der Waals surface area contributed by atoms with Gasteiger partial charge in [-0.25, -0.2) is 4.98 Å². The molecule has 0 N–H and O–H groups in total. The van der Waals surface area contributed by atoms with Crippen LogP contribution < -0.4 is 0 Å². The van der Waals surface area contributed by atoms with Crippen molar-refractivity contribution in [1.82, 2.24) is 4.98 Å². The number of aryl methyl sites for hydroxylation is 1. The average molecular weight is 225 g/mol. The van der Waals surface area contributed by atoms with Crippen LogP contribution >= 0.6 is 11.3 Å². The zero-order valence-electron chi connectivity index (χ0n) is 9.91. The van der Waals surface area contributed by atoms with Crippen molar-refractivity contribution < 1.29 is 4.79 Å². The average Bonchev–Trinajstić information content (AvgIpc) is 2.62. The van der Waals surface area contributed by atoms with Gasteiger partial charge in [0, 0.05) is 24.1 Å². The molecule has 0 spiro atoms. The van der Waals surface area contributed by atoms with E-state index in [-0.39, 0.29) is 5.92 Å². The minimum atomic E-state index is 0.148. The molecule has 0 aliphatic carbocycles. The number of nitrogens with zero attached hydrogens (tertiary/aromatic N) is 1. The number of ketones is 1. The first-order valence-corrected chi connectivity index (χ1v) is 6.35. The smallest absolute Gasteiger partial charge is 0.135 e. The Hall–Kier alpha value is -0.700. The molecular weight excluding hydrogens is 206 g/mol. The van der Waals surface area contributed by atoms with E-state index < -0.39 is 0 Å². The Kier molecular flexibility index (Phi) is 4.45. The lowest BCUT2D eigenvalue weighted by Crippen LogP contribution is -2.07. The third-order valence-electron chi connectivity index (χ3n) is 2.39. The molecule has 1 aromatic heterocycles. The summed E-state index contributed by atoms with van der Waals surface area (Å²) in [6.45, 7) is 8.17. The van der Waals surface area contributed by atoms with E-state index >= 15 is 0 Å². The van der Waals surface area contributed by atoms with Crippen LogP contribution in [-0.4, -0.2) is 10.8 Å². The number of hydrogen-bond donors (Lipinski definition) is 0. The molecule has 15 heavy (non-hydrogen) atoms. The zero-order chi connectivity index (χ0) is 11.4. The zero-order valence-corrected chi connectivity index (χ0v) is 10.7. The van der Waals surface area contributed by atoms with Crippen molar-refractivity contribution in [3.63, 3.8) is 0 Å². The summed E-state index contributed by atoms with van der Waals surface area (Å²) in [6, 6.07) is 0. The Bertz CT molecular complexity index is 328. The Morgan fingerprint density at radius 1 is 1.40 bits per heavy atom. The highest BCUT2D eigenvalue weighted by atomic mass is 32.1. The van der Waals surface area contributed by atoms with Gasteiger partial charge in [0.1, 0.15) is 5.78 Å². The van der Waals surface area contributed by atoms with Gasteiger partial charge < -0.3 is 0 Å². The largest absolute Gasteiger partial charge is 0.299 e. The van der Waals surface area contributed by atoms with Gasteiger partial charge >= 0.3 is 0 Å². The molecule has 0 saturated heterocycles. The van der Waals surface area contributed by atoms with Crippen LogP contribution in [0.1, 0.15) is 50.7 Å². The van der Waals surface area contributed by atoms with Crippen molar-refractivity contribution in [3.05, 3.63) is 16.1 Å². The maximum absolute atomic E-state index is 11.4. The van der Waals surface area contributed by atoms with Gasteiger partial charge in [-0.05, 0) is 5.92 Å². The number of aromatic nitrogens is 1. The van der Waals surface area contributed by atoms with E-state index in [1.165, 1.54) is 0 Å². The number of carbonyl (C=O) groups is 1. The summed E-state index contributed by atoms with van der Waals surface area (Å²) in [7, 11) is 0. The molecule has 1 aromatic rings. The van der Waals surface area contributed by atoms with Gasteiger partial charge in [-0.3, -0.25) is 4.79 Å². The fourth-order valence-electron chi connectivity index (χ4n) is 1.22. The van der Waals surface area contributed by atoms with Crippen molar-refractivity contribution in [2.45, 2.75) is 46.5 Å². The van der Waals surface area contributed by atoms with Gasteiger partial charge in [0.25, 0.3) is 0 Å². The van der Waals surface area contributed by atoms with Crippen LogP contribution in [0.4, 0.5) is 0 Å². The lowest BCUT2D eigenvalue weighted by atomic mass is 10.1. The van der Waals surface area contributed by atoms with Crippen LogP contribution in [0.2, 0.25) is 0 Å². The second-order valence-corrected chi connectivity index (χ2v) is 5.38. The molecule has 2 nitrogen and oxygen atoms in total. The van der Waals surface area contributed by atoms with E-state index in [9.17, 15) is 4.79 Å². The van der Waals surface area contributed by atoms with Gasteiger partial charge in [0.2, 0.25) is 0 Å². The topological polar surface area (TPSA) is 30.0 Å². The van der Waals surface area contributed by atoms with Crippen molar-refractivity contribution in [2.75, 3.05) is 0 Å². The van der Waals surface area contributed by atoms with Gasteiger partial charge in [-0.15, -0.1) is 11.3 Å². The number of hydrogen-bond acceptors (Lipinski definition) is 3. The molecule has 1 rings (SSSR count). The van der Waals surface area contributed by atoms with Crippen LogP contribution in [0.3, 0.4) is 0 Å². The summed E-state index contributed by atoms with van der Waals surface area (Å²) >= 11 is 1.67. The Balaban J connectivity index is 2.48. The van der Waals surface area contributed by atoms with Crippen molar-refractivity contribution in [3.8, 4) is 0 Å². The van der Waals surface area contributed by atoms with E-state index in [0.29, 0.717) is 18.1 Å². The van der Waals surface area contributed by atoms with Crippen LogP contribution in [0.5, 0.6) is 0 Å². The molecule has 0 bridgehead atoms. The van der Waals surface area contributed by atoms with Crippen molar-refractivity contribution >= 4 is 17.1 Å². The minimum absolute atomic E-state index is 0.148. The predicted molar refractivity (Wildman–Crippen MR) is 64.4 cm³/mol. The van der Waals surface area contributed by atoms with Gasteiger partial charge in [0.15, 0.2) is 0 Å². The van der Waals surface area contributed by atoms with E-state index in [0.717, 1.165) is 17.1 Å². The first kappa shape index (κ1) is 12.4. The normalized spacial score (nSPS) is 11.3. The van der Waals surface area contributed by atoms with Gasteiger partial charge in [-0.2, -0.15) is 0 Å². The summed E-state index contributed by atoms with van der Waals surface area (Å²) in [5, 5.41) is 3.19. The van der Waals surface area contributed by atoms with E-state index in [1.807, 2.05) is 13.8 Å². The van der Waals surface area contributed by atoms with Gasteiger partial charge in [-0.1, -0.05) is 27.7 Å². The first-order valence-electron chi connectivity index (χ1n) is 5.47. The van der Waals surface area contributed by atoms with Gasteiger partial charge in [0.05, 0.1) is 10.7 Å². The first-order chi connectivity index (χ1) is 7.00. The van der Waals surface area contributed by atoms with E-state index in [2.05, 4.69) is 24.2 Å². The van der Waals surface area contributed by atoms with Crippen molar-refractivity contribution in [2.24, 2.45) is 5.92 Å². The lowest BCUT2D eigenvalue weighted by molar-refractivity contribution is -0.121. The van der Waals surface area contributed by atoms with Crippen LogP contribution in [0, 0.1) is 5.92 Å². The summed E-state index contributed by atoms with van der Waals surface area (Å²) in [4.78, 5) is 15.9. The maximum Gasteiger partial charge on any atom is 0.135 e. The summed E-state index contributed by atoms with van der Waals surface area (Å²) in [5.74, 6) is 0.960. The fourth-order valence-corrected chi connectivity index (χ4v) is 2.18. The quantitative estimate of drug-likeness (QED) is 0.768. The van der Waals surface area contributed by atoms with E-state index in [1.54, 1.807) is 11.3 Å². The summed E-state index contributed by atoms with van der Waals surface area (Å²) < 4.78 is 0. The molecule has 0 aliphatic heterocycles. The van der Waals surface area contributed by atoms with Crippen LogP contribution in [0.25, 0.3) is 0 Å². The molecular formula is C12H19NOS. The van der Waals surface area contributed by atoms with E-state index in [4.69, 9.17) is 0 Å². The molecule has 0 aromatic carbocycles. The lowest BCUT2D eigenvalue weighted by Gasteiger charge is -2.01. The Labute approximate surface area is 95.7 Å². The van der Waals surface area contributed by atoms with Crippen molar-refractivity contribution in [1.29, 1.82) is 0 Å². The second kappa shape index (κ2) is 5.40. The number of thiazole rings is 1. The molecule has 0 saturated carbocycles. The third-order valence-corrected chi connectivity index (χ3v) is 3.32. The number of Topliss-reactive ketones (excluding diaryl/α,β-unsaturated/α-hetero) is 1. The Morgan fingerprint density at radius 2 is 2.07 bits per heavy atom. The third kappa shape index (κ3) is 3.74. The molecule has 3 heteroatoms. The number of rotatable bonds is 5. The van der Waals surface area contributed by atoms with Crippen LogP contribution in [-0.2, 0) is 11.2 Å². The molecule has 0 fully saturated rings. The molecule has 84 valence electrons. The minimum Gasteiger partial charge on any atom is -0.299 e. The Morgan fingerprint density at radius 3 is 2.53 bits per heavy atom. The number of carbonyl (C=O) groups excluding carboxylic acids is 1. The van der Waals surface area contributed by atoms with Crippen LogP contribution in [0.15, 0.2) is 5.38 Å². The predicted octanol–water partition coefficient (Wildman–Crippen LogP) is 3.42. The standard InChI is InChI=1S/C12H19NOS/c1-8(2)10-7-15-12(13-10)6-5-11(14)9(3)4/h7-9H,5-6H2,1-4H3. The molecule has 0 atom stereocenters. The molecule has 0 aliphatic rings. The summed E-state index contributed by atoms with van der Waals surface area (Å²) in [6.07, 6.45) is 1.43. The second-order valence-electron chi connectivity index (χ2n) is 4.44.